The Labute approximate surface area is 128 Å². The molecule has 0 bridgehead atoms. The second kappa shape index (κ2) is 7.35. The Morgan fingerprint density at radius 1 is 0.905 bits per heavy atom. The van der Waals surface area contributed by atoms with E-state index in [-0.39, 0.29) is 11.2 Å². The van der Waals surface area contributed by atoms with E-state index in [1.807, 2.05) is 20.0 Å². The quantitative estimate of drug-likeness (QED) is 0.690. The van der Waals surface area contributed by atoms with E-state index < -0.39 is 0 Å². The number of benzene rings is 1. The van der Waals surface area contributed by atoms with Crippen LogP contribution < -0.4 is 0 Å². The highest BCUT2D eigenvalue weighted by atomic mass is 19.1. The Morgan fingerprint density at radius 2 is 1.43 bits per heavy atom. The van der Waals surface area contributed by atoms with Crippen molar-refractivity contribution in [2.24, 2.45) is 5.92 Å². The van der Waals surface area contributed by atoms with Crippen LogP contribution in [0.1, 0.15) is 47.2 Å². The van der Waals surface area contributed by atoms with Crippen LogP contribution in [0.25, 0.3) is 11.1 Å². The van der Waals surface area contributed by atoms with E-state index in [4.69, 9.17) is 0 Å². The summed E-state index contributed by atoms with van der Waals surface area (Å²) < 4.78 is 12.9. The maximum Gasteiger partial charge on any atom is 0.123 e. The summed E-state index contributed by atoms with van der Waals surface area (Å²) in [4.78, 5) is 4.58. The van der Waals surface area contributed by atoms with Crippen LogP contribution in [-0.2, 0) is 5.41 Å². The number of hydrogen-bond acceptors (Lipinski definition) is 1. The molecule has 114 valence electrons. The Morgan fingerprint density at radius 3 is 1.86 bits per heavy atom. The molecular weight excluding hydrogens is 261 g/mol. The first-order chi connectivity index (χ1) is 9.91. The lowest BCUT2D eigenvalue weighted by Gasteiger charge is -2.28. The first-order valence-corrected chi connectivity index (χ1v) is 7.63. The molecule has 0 radical (unpaired) electrons. The molecule has 0 atom stereocenters. The van der Waals surface area contributed by atoms with Gasteiger partial charge in [-0.25, -0.2) is 4.39 Å². The summed E-state index contributed by atoms with van der Waals surface area (Å²) in [6.45, 7) is 12.8. The van der Waals surface area contributed by atoms with Crippen LogP contribution in [0.2, 0.25) is 0 Å². The second-order valence-corrected chi connectivity index (χ2v) is 5.82. The molecule has 0 spiro atoms. The summed E-state index contributed by atoms with van der Waals surface area (Å²) in [7, 11) is 0. The molecule has 1 aromatic carbocycles. The van der Waals surface area contributed by atoms with E-state index in [0.29, 0.717) is 5.92 Å². The fourth-order valence-electron chi connectivity index (χ4n) is 1.88. The van der Waals surface area contributed by atoms with Crippen molar-refractivity contribution in [3.05, 3.63) is 54.1 Å². The van der Waals surface area contributed by atoms with Gasteiger partial charge in [0.05, 0.1) is 0 Å². The molecule has 2 aromatic rings. The normalized spacial score (nSPS) is 11.0. The van der Waals surface area contributed by atoms with E-state index in [2.05, 4.69) is 44.8 Å². The van der Waals surface area contributed by atoms with Crippen molar-refractivity contribution in [2.75, 3.05) is 0 Å². The molecule has 1 heterocycles. The zero-order valence-electron chi connectivity index (χ0n) is 13.9. The predicted molar refractivity (Wildman–Crippen MR) is 88.8 cm³/mol. The minimum atomic E-state index is -0.214. The second-order valence-electron chi connectivity index (χ2n) is 5.82. The van der Waals surface area contributed by atoms with E-state index in [9.17, 15) is 4.39 Å². The van der Waals surface area contributed by atoms with Crippen molar-refractivity contribution in [3.63, 3.8) is 0 Å². The van der Waals surface area contributed by atoms with E-state index >= 15 is 0 Å². The van der Waals surface area contributed by atoms with Gasteiger partial charge in [-0.2, -0.15) is 0 Å². The average Bonchev–Trinajstić information content (AvgIpc) is 2.50. The molecule has 2 rings (SSSR count). The third-order valence-corrected chi connectivity index (χ3v) is 4.04. The number of pyridine rings is 1. The van der Waals surface area contributed by atoms with Crippen molar-refractivity contribution in [2.45, 2.75) is 47.0 Å². The van der Waals surface area contributed by atoms with Gasteiger partial charge in [-0.05, 0) is 29.7 Å². The van der Waals surface area contributed by atoms with Gasteiger partial charge >= 0.3 is 0 Å². The molecule has 0 saturated heterocycles. The van der Waals surface area contributed by atoms with Gasteiger partial charge in [0.15, 0.2) is 0 Å². The zero-order chi connectivity index (χ0) is 16.0. The predicted octanol–water partition coefficient (Wildman–Crippen LogP) is 5.85. The molecule has 2 heteroatoms. The number of rotatable bonds is 3. The fraction of sp³-hybridized carbons (Fsp3) is 0.421. The zero-order valence-corrected chi connectivity index (χ0v) is 13.9. The van der Waals surface area contributed by atoms with E-state index in [1.54, 1.807) is 12.1 Å². The molecule has 21 heavy (non-hydrogen) atoms. The summed E-state index contributed by atoms with van der Waals surface area (Å²) in [5.41, 5.74) is 3.15. The first-order valence-electron chi connectivity index (χ1n) is 7.63. The summed E-state index contributed by atoms with van der Waals surface area (Å²) >= 11 is 0. The fourth-order valence-corrected chi connectivity index (χ4v) is 1.88. The number of hydrogen-bond donors (Lipinski definition) is 0. The van der Waals surface area contributed by atoms with Crippen LogP contribution in [0.4, 0.5) is 4.39 Å². The molecule has 1 nitrogen and oxygen atoms in total. The standard InChI is InChI=1S/C17H20FN.C2H6/c1-12(2)17(3,4)16-10-7-14(11-19-16)13-5-8-15(18)9-6-13;1-2/h5-12H,1-4H3;1-2H3. The molecule has 0 aliphatic rings. The van der Waals surface area contributed by atoms with Gasteiger partial charge < -0.3 is 0 Å². The SMILES string of the molecule is CC.CC(C)C(C)(C)c1ccc(-c2ccc(F)cc2)cn1. The summed E-state index contributed by atoms with van der Waals surface area (Å²) in [5, 5.41) is 0. The lowest BCUT2D eigenvalue weighted by atomic mass is 9.78. The molecule has 1 aromatic heterocycles. The third kappa shape index (κ3) is 4.13. The van der Waals surface area contributed by atoms with Crippen molar-refractivity contribution in [1.29, 1.82) is 0 Å². The lowest BCUT2D eigenvalue weighted by molar-refractivity contribution is 0.362. The first kappa shape index (κ1) is 17.4. The topological polar surface area (TPSA) is 12.9 Å². The molecule has 0 fully saturated rings. The Hall–Kier alpha value is -1.70. The number of nitrogens with zero attached hydrogens (tertiary/aromatic N) is 1. The maximum atomic E-state index is 12.9. The molecule has 0 unspecified atom stereocenters. The molecule has 0 amide bonds. The van der Waals surface area contributed by atoms with Gasteiger partial charge in [0, 0.05) is 22.9 Å². The van der Waals surface area contributed by atoms with Gasteiger partial charge in [-0.15, -0.1) is 0 Å². The summed E-state index contributed by atoms with van der Waals surface area (Å²) in [5.74, 6) is 0.311. The van der Waals surface area contributed by atoms with Crippen LogP contribution in [-0.4, -0.2) is 4.98 Å². The van der Waals surface area contributed by atoms with E-state index in [1.165, 1.54) is 12.1 Å². The monoisotopic (exact) mass is 287 g/mol. The van der Waals surface area contributed by atoms with Crippen LogP contribution in [0.3, 0.4) is 0 Å². The van der Waals surface area contributed by atoms with Crippen molar-refractivity contribution < 1.29 is 4.39 Å². The molecule has 0 aliphatic heterocycles. The highest BCUT2D eigenvalue weighted by molar-refractivity contribution is 5.62. The molecular formula is C19H26FN. The van der Waals surface area contributed by atoms with Gasteiger partial charge in [-0.1, -0.05) is 59.7 Å². The maximum absolute atomic E-state index is 12.9. The van der Waals surface area contributed by atoms with Crippen molar-refractivity contribution in [1.82, 2.24) is 4.98 Å². The number of aromatic nitrogens is 1. The smallest absolute Gasteiger partial charge is 0.123 e. The minimum absolute atomic E-state index is 0.0569. The lowest BCUT2D eigenvalue weighted by Crippen LogP contribution is -2.25. The average molecular weight is 287 g/mol. The third-order valence-electron chi connectivity index (χ3n) is 4.04. The van der Waals surface area contributed by atoms with Gasteiger partial charge in [0.25, 0.3) is 0 Å². The molecule has 0 N–H and O–H groups in total. The van der Waals surface area contributed by atoms with Crippen LogP contribution in [0.5, 0.6) is 0 Å². The Balaban J connectivity index is 0.00000106. The van der Waals surface area contributed by atoms with E-state index in [0.717, 1.165) is 16.8 Å². The summed E-state index contributed by atoms with van der Waals surface area (Å²) in [6, 6.07) is 10.6. The van der Waals surface area contributed by atoms with Crippen molar-refractivity contribution >= 4 is 0 Å². The molecule has 0 aliphatic carbocycles. The van der Waals surface area contributed by atoms with Crippen LogP contribution in [0.15, 0.2) is 42.6 Å². The number of halogens is 1. The van der Waals surface area contributed by atoms with Crippen LogP contribution >= 0.6 is 0 Å². The highest BCUT2D eigenvalue weighted by Gasteiger charge is 2.25. The molecule has 0 saturated carbocycles. The Bertz CT molecular complexity index is 539. The van der Waals surface area contributed by atoms with Crippen molar-refractivity contribution in [3.8, 4) is 11.1 Å². The van der Waals surface area contributed by atoms with Gasteiger partial charge in [0.2, 0.25) is 0 Å². The minimum Gasteiger partial charge on any atom is -0.260 e. The summed E-state index contributed by atoms with van der Waals surface area (Å²) in [6.07, 6.45) is 1.87. The van der Waals surface area contributed by atoms with Gasteiger partial charge in [-0.3, -0.25) is 4.98 Å². The highest BCUT2D eigenvalue weighted by Crippen LogP contribution is 2.30. The Kier molecular flexibility index (Phi) is 6.07. The largest absolute Gasteiger partial charge is 0.260 e. The van der Waals surface area contributed by atoms with Crippen LogP contribution in [0, 0.1) is 11.7 Å². The van der Waals surface area contributed by atoms with Gasteiger partial charge in [0.1, 0.15) is 5.82 Å².